The molecule has 0 aromatic heterocycles. The highest BCUT2D eigenvalue weighted by atomic mass is 14.3. The van der Waals surface area contributed by atoms with E-state index in [2.05, 4.69) is 6.58 Å². The Balaban J connectivity index is -0.0000000368. The number of rotatable bonds is 0. The highest BCUT2D eigenvalue weighted by Gasteiger charge is 1.34. The van der Waals surface area contributed by atoms with Crippen LogP contribution in [0.25, 0.3) is 0 Å². The van der Waals surface area contributed by atoms with Crippen LogP contribution >= 0.6 is 0 Å². The highest BCUT2D eigenvalue weighted by molar-refractivity contribution is 5.48. The van der Waals surface area contributed by atoms with E-state index in [9.17, 15) is 0 Å². The van der Waals surface area contributed by atoms with Crippen LogP contribution in [0.15, 0.2) is 24.8 Å². The van der Waals surface area contributed by atoms with Crippen LogP contribution in [0.2, 0.25) is 0 Å². The summed E-state index contributed by atoms with van der Waals surface area (Å²) in [6.45, 7) is 14.9. The van der Waals surface area contributed by atoms with E-state index in [-0.39, 0.29) is 0 Å². The average Bonchev–Trinajstić information content (AvgIpc) is 2.10. The quantitative estimate of drug-likeness (QED) is 0.411. The molecule has 0 radical (unpaired) electrons. The lowest BCUT2D eigenvalue weighted by molar-refractivity contribution is 1.50. The maximum Gasteiger partial charge on any atom is -0.00788 e. The van der Waals surface area contributed by atoms with E-state index in [1.165, 1.54) is 6.21 Å². The van der Waals surface area contributed by atoms with Crippen molar-refractivity contribution in [2.75, 3.05) is 0 Å². The van der Waals surface area contributed by atoms with E-state index < -0.39 is 0 Å². The third-order valence-electron chi connectivity index (χ3n) is 0.333. The molecule has 0 aliphatic rings. The number of allylic oxidation sites excluding steroid dienone is 3. The molecule has 0 bridgehead atoms. The minimum absolute atomic E-state index is 1.25. The van der Waals surface area contributed by atoms with E-state index in [0.717, 1.165) is 0 Å². The summed E-state index contributed by atoms with van der Waals surface area (Å²) in [5.74, 6) is 0. The first-order valence-electron chi connectivity index (χ1n) is 4.34. The summed E-state index contributed by atoms with van der Waals surface area (Å²) < 4.78 is 0. The fraction of sp³-hybridized carbons (Fsp3) is 0.545. The molecular formula is C11H25N. The van der Waals surface area contributed by atoms with Crippen molar-refractivity contribution in [1.82, 2.24) is 0 Å². The second kappa shape index (κ2) is 85.6. The van der Waals surface area contributed by atoms with Crippen LogP contribution in [-0.4, -0.2) is 6.21 Å². The Hall–Kier alpha value is -0.850. The van der Waals surface area contributed by atoms with Crippen molar-refractivity contribution in [3.05, 3.63) is 24.8 Å². The smallest absolute Gasteiger partial charge is 0.00788 e. The molecule has 0 aliphatic carbocycles. The molecule has 0 atom stereocenters. The summed E-state index contributed by atoms with van der Waals surface area (Å²) in [4.78, 5) is 0. The zero-order chi connectivity index (χ0) is 10.8. The van der Waals surface area contributed by atoms with Gasteiger partial charge in [-0.25, -0.2) is 0 Å². The first-order chi connectivity index (χ1) is 5.74. The lowest BCUT2D eigenvalue weighted by atomic mass is 10.6. The molecule has 0 aromatic carbocycles. The van der Waals surface area contributed by atoms with Crippen LogP contribution in [0.4, 0.5) is 0 Å². The number of nitrogens with one attached hydrogen (secondary N) is 1. The molecule has 1 heteroatoms. The largest absolute Gasteiger partial charge is 0.313 e. The highest BCUT2D eigenvalue weighted by Crippen LogP contribution is 1.57. The van der Waals surface area contributed by atoms with Gasteiger partial charge in [-0.1, -0.05) is 32.1 Å². The second-order valence-electron chi connectivity index (χ2n) is 1.36. The minimum Gasteiger partial charge on any atom is -0.313 e. The van der Waals surface area contributed by atoms with Crippen molar-refractivity contribution in [2.45, 2.75) is 41.5 Å². The van der Waals surface area contributed by atoms with Crippen LogP contribution in [0, 0.1) is 5.41 Å². The summed E-state index contributed by atoms with van der Waals surface area (Å²) >= 11 is 0. The molecule has 0 aliphatic heterocycles. The van der Waals surface area contributed by atoms with Gasteiger partial charge in [0.05, 0.1) is 0 Å². The molecule has 74 valence electrons. The summed E-state index contributed by atoms with van der Waals surface area (Å²) in [5, 5.41) is 6.08. The molecule has 12 heavy (non-hydrogen) atoms. The summed E-state index contributed by atoms with van der Waals surface area (Å²) in [6, 6.07) is 0. The topological polar surface area (TPSA) is 23.9 Å². The Morgan fingerprint density at radius 3 is 1.00 bits per heavy atom. The van der Waals surface area contributed by atoms with Crippen molar-refractivity contribution >= 4 is 6.21 Å². The number of hydrogen-bond acceptors (Lipinski definition) is 1. The zero-order valence-corrected chi connectivity index (χ0v) is 9.52. The van der Waals surface area contributed by atoms with Gasteiger partial charge < -0.3 is 5.41 Å². The maximum absolute atomic E-state index is 6.08. The molecule has 0 saturated heterocycles. The van der Waals surface area contributed by atoms with Gasteiger partial charge >= 0.3 is 0 Å². The predicted octanol–water partition coefficient (Wildman–Crippen LogP) is 4.46. The molecule has 0 saturated carbocycles. The molecule has 0 fully saturated rings. The molecule has 0 unspecified atom stereocenters. The molecule has 0 heterocycles. The van der Waals surface area contributed by atoms with Gasteiger partial charge in [-0.3, -0.25) is 0 Å². The molecular weight excluding hydrogens is 146 g/mol. The number of hydrogen-bond donors (Lipinski definition) is 1. The van der Waals surface area contributed by atoms with Crippen LogP contribution in [-0.2, 0) is 0 Å². The predicted molar refractivity (Wildman–Crippen MR) is 62.2 cm³/mol. The maximum atomic E-state index is 6.08. The van der Waals surface area contributed by atoms with E-state index in [1.54, 1.807) is 13.0 Å². The lowest BCUT2D eigenvalue weighted by Gasteiger charge is -1.49. The van der Waals surface area contributed by atoms with Crippen molar-refractivity contribution < 1.29 is 0 Å². The van der Waals surface area contributed by atoms with E-state index >= 15 is 0 Å². The van der Waals surface area contributed by atoms with Gasteiger partial charge in [0.25, 0.3) is 0 Å². The summed E-state index contributed by atoms with van der Waals surface area (Å²) in [7, 11) is 0. The molecule has 0 amide bonds. The SMILES string of the molecule is C/C=C/C.C=CC.CC.CC=N. The van der Waals surface area contributed by atoms with Gasteiger partial charge in [-0.15, -0.1) is 6.58 Å². The van der Waals surface area contributed by atoms with E-state index in [0.29, 0.717) is 0 Å². The Morgan fingerprint density at radius 1 is 0.917 bits per heavy atom. The first-order valence-corrected chi connectivity index (χ1v) is 4.34. The van der Waals surface area contributed by atoms with Gasteiger partial charge in [0.15, 0.2) is 0 Å². The van der Waals surface area contributed by atoms with Crippen LogP contribution in [0.3, 0.4) is 0 Å². The lowest BCUT2D eigenvalue weighted by Crippen LogP contribution is -1.32. The summed E-state index contributed by atoms with van der Waals surface area (Å²) in [5.41, 5.74) is 0. The van der Waals surface area contributed by atoms with Gasteiger partial charge in [0, 0.05) is 0 Å². The Morgan fingerprint density at radius 2 is 1.00 bits per heavy atom. The Bertz CT molecular complexity index is 63.1. The molecule has 0 spiro atoms. The standard InChI is InChI=1S/C4H8.C3H6.C2H5N.C2H6/c1-3-4-2;1-3-2;1-2-3;1-2/h3-4H,1-2H3;3H,1H2,2H3;2-3H,1H3;1-2H3/b4-3+;;;. The fourth-order valence-electron chi connectivity index (χ4n) is 0. The normalized spacial score (nSPS) is 5.83. The van der Waals surface area contributed by atoms with Crippen LogP contribution in [0.1, 0.15) is 41.5 Å². The minimum atomic E-state index is 1.25. The van der Waals surface area contributed by atoms with Crippen LogP contribution in [0.5, 0.6) is 0 Å². The molecule has 1 N–H and O–H groups in total. The summed E-state index contributed by atoms with van der Waals surface area (Å²) in [6.07, 6.45) is 7.00. The van der Waals surface area contributed by atoms with Gasteiger partial charge in [0.1, 0.15) is 0 Å². The van der Waals surface area contributed by atoms with E-state index in [4.69, 9.17) is 5.41 Å². The van der Waals surface area contributed by atoms with Crippen molar-refractivity contribution in [1.29, 1.82) is 5.41 Å². The average molecular weight is 171 g/mol. The van der Waals surface area contributed by atoms with Gasteiger partial charge in [-0.05, 0) is 33.9 Å². The monoisotopic (exact) mass is 171 g/mol. The molecule has 0 rings (SSSR count). The Labute approximate surface area is 78.7 Å². The third-order valence-corrected chi connectivity index (χ3v) is 0.333. The van der Waals surface area contributed by atoms with Gasteiger partial charge in [-0.2, -0.15) is 0 Å². The fourth-order valence-corrected chi connectivity index (χ4v) is 0. The molecule has 1 nitrogen and oxygen atoms in total. The first kappa shape index (κ1) is 22.5. The molecule has 0 aromatic rings. The third kappa shape index (κ3) is 27000. The Kier molecular flexibility index (Phi) is 160. The van der Waals surface area contributed by atoms with E-state index in [1.807, 2.05) is 46.8 Å². The van der Waals surface area contributed by atoms with Crippen molar-refractivity contribution in [2.24, 2.45) is 0 Å². The van der Waals surface area contributed by atoms with Gasteiger partial charge in [0.2, 0.25) is 0 Å². The second-order valence-corrected chi connectivity index (χ2v) is 1.36. The van der Waals surface area contributed by atoms with Crippen LogP contribution < -0.4 is 0 Å². The van der Waals surface area contributed by atoms with Crippen molar-refractivity contribution in [3.8, 4) is 0 Å². The van der Waals surface area contributed by atoms with Crippen molar-refractivity contribution in [3.63, 3.8) is 0 Å². The zero-order valence-electron chi connectivity index (χ0n) is 9.52.